The fourth-order valence-corrected chi connectivity index (χ4v) is 3.02. The summed E-state index contributed by atoms with van der Waals surface area (Å²) in [4.78, 5) is 11.6. The van der Waals surface area contributed by atoms with Gasteiger partial charge in [0.2, 0.25) is 0 Å². The topological polar surface area (TPSA) is 46.5 Å². The summed E-state index contributed by atoms with van der Waals surface area (Å²) in [5.41, 5.74) is 1.52. The van der Waals surface area contributed by atoms with Gasteiger partial charge in [-0.25, -0.2) is 0 Å². The number of hydrogen-bond donors (Lipinski definition) is 1. The molecule has 0 heterocycles. The van der Waals surface area contributed by atoms with Crippen LogP contribution in [0.4, 0.5) is 0 Å². The number of ether oxygens (including phenoxy) is 1. The van der Waals surface area contributed by atoms with Crippen molar-refractivity contribution in [1.82, 2.24) is 0 Å². The van der Waals surface area contributed by atoms with Crippen LogP contribution in [0.3, 0.4) is 0 Å². The number of hydrogen-bond acceptors (Lipinski definition) is 2. The van der Waals surface area contributed by atoms with E-state index in [4.69, 9.17) is 16.3 Å². The molecule has 2 aromatic rings. The van der Waals surface area contributed by atoms with E-state index in [0.29, 0.717) is 22.8 Å². The van der Waals surface area contributed by atoms with Crippen LogP contribution >= 0.6 is 27.5 Å². The van der Waals surface area contributed by atoms with Gasteiger partial charge in [-0.3, -0.25) is 4.79 Å². The third-order valence-corrected chi connectivity index (χ3v) is 4.20. The average molecular weight is 370 g/mol. The Hall–Kier alpha value is -1.52. The molecule has 0 spiro atoms. The maximum Gasteiger partial charge on any atom is 0.311 e. The molecule has 1 unspecified atom stereocenters. The Kier molecular flexibility index (Phi) is 5.26. The second-order valence-corrected chi connectivity index (χ2v) is 5.85. The molecule has 0 amide bonds. The van der Waals surface area contributed by atoms with E-state index in [0.717, 1.165) is 10.0 Å². The van der Waals surface area contributed by atoms with Gasteiger partial charge in [0.05, 0.1) is 17.5 Å². The first-order chi connectivity index (χ1) is 10.0. The Morgan fingerprint density at radius 1 is 1.33 bits per heavy atom. The van der Waals surface area contributed by atoms with Crippen LogP contribution < -0.4 is 4.74 Å². The first-order valence-electron chi connectivity index (χ1n) is 6.32. The van der Waals surface area contributed by atoms with Gasteiger partial charge in [-0.2, -0.15) is 0 Å². The predicted octanol–water partition coefficient (Wildman–Crippen LogP) is 4.52. The third-order valence-electron chi connectivity index (χ3n) is 3.23. The highest BCUT2D eigenvalue weighted by Gasteiger charge is 2.22. The number of methoxy groups -OCH3 is 1. The number of halogens is 2. The molecule has 0 aliphatic rings. The second-order valence-electron chi connectivity index (χ2n) is 4.59. The van der Waals surface area contributed by atoms with Crippen LogP contribution in [0.15, 0.2) is 46.9 Å². The van der Waals surface area contributed by atoms with Crippen molar-refractivity contribution in [2.45, 2.75) is 12.3 Å². The Bertz CT molecular complexity index is 658. The number of rotatable bonds is 5. The fourth-order valence-electron chi connectivity index (χ4n) is 2.16. The van der Waals surface area contributed by atoms with Gasteiger partial charge in [-0.05, 0) is 51.7 Å². The molecule has 0 saturated heterocycles. The van der Waals surface area contributed by atoms with E-state index >= 15 is 0 Å². The molecule has 0 radical (unpaired) electrons. The summed E-state index contributed by atoms with van der Waals surface area (Å²) in [5.74, 6) is -0.864. The van der Waals surface area contributed by atoms with Crippen molar-refractivity contribution in [2.75, 3.05) is 7.11 Å². The highest BCUT2D eigenvalue weighted by molar-refractivity contribution is 9.10. The molecule has 1 N–H and O–H groups in total. The van der Waals surface area contributed by atoms with Gasteiger partial charge in [0, 0.05) is 5.02 Å². The standard InChI is InChI=1S/C16H14BrClO3/c1-21-15-7-6-10(9-13(15)17)8-12(16(19)20)11-4-2-3-5-14(11)18/h2-7,9,12H,8H2,1H3,(H,19,20). The van der Waals surface area contributed by atoms with Crippen molar-refractivity contribution in [1.29, 1.82) is 0 Å². The van der Waals surface area contributed by atoms with Crippen LogP contribution in [0.2, 0.25) is 5.02 Å². The lowest BCUT2D eigenvalue weighted by molar-refractivity contribution is -0.138. The molecule has 1 atom stereocenters. The van der Waals surface area contributed by atoms with Crippen LogP contribution in [-0.2, 0) is 11.2 Å². The normalized spacial score (nSPS) is 12.0. The summed E-state index contributed by atoms with van der Waals surface area (Å²) in [6.45, 7) is 0. The molecular weight excluding hydrogens is 356 g/mol. The molecule has 3 nitrogen and oxygen atoms in total. The molecule has 110 valence electrons. The van der Waals surface area contributed by atoms with Gasteiger partial charge >= 0.3 is 5.97 Å². The van der Waals surface area contributed by atoms with Crippen LogP contribution in [-0.4, -0.2) is 18.2 Å². The van der Waals surface area contributed by atoms with Gasteiger partial charge in [-0.15, -0.1) is 0 Å². The molecule has 0 aliphatic heterocycles. The van der Waals surface area contributed by atoms with Gasteiger partial charge in [-0.1, -0.05) is 35.9 Å². The molecule has 0 saturated carbocycles. The minimum Gasteiger partial charge on any atom is -0.496 e. The summed E-state index contributed by atoms with van der Waals surface area (Å²) < 4.78 is 5.97. The molecule has 0 aliphatic carbocycles. The third kappa shape index (κ3) is 3.77. The van der Waals surface area contributed by atoms with Crippen molar-refractivity contribution in [2.24, 2.45) is 0 Å². The minimum absolute atomic E-state index is 0.363. The maximum atomic E-state index is 11.6. The van der Waals surface area contributed by atoms with Crippen LogP contribution in [0.1, 0.15) is 17.0 Å². The van der Waals surface area contributed by atoms with E-state index in [2.05, 4.69) is 15.9 Å². The van der Waals surface area contributed by atoms with E-state index in [-0.39, 0.29) is 0 Å². The lowest BCUT2D eigenvalue weighted by Gasteiger charge is -2.15. The molecule has 0 aromatic heterocycles. The summed E-state index contributed by atoms with van der Waals surface area (Å²) in [6, 6.07) is 12.6. The van der Waals surface area contributed by atoms with Gasteiger partial charge in [0.15, 0.2) is 0 Å². The van der Waals surface area contributed by atoms with E-state index in [1.54, 1.807) is 31.4 Å². The molecule has 2 aromatic carbocycles. The quantitative estimate of drug-likeness (QED) is 0.843. The highest BCUT2D eigenvalue weighted by atomic mass is 79.9. The minimum atomic E-state index is -0.893. The van der Waals surface area contributed by atoms with Crippen molar-refractivity contribution < 1.29 is 14.6 Å². The highest BCUT2D eigenvalue weighted by Crippen LogP contribution is 2.31. The molecule has 2 rings (SSSR count). The smallest absolute Gasteiger partial charge is 0.311 e. The van der Waals surface area contributed by atoms with Crippen LogP contribution in [0, 0.1) is 0 Å². The predicted molar refractivity (Wildman–Crippen MR) is 86.2 cm³/mol. The number of carbonyl (C=O) groups is 1. The zero-order valence-corrected chi connectivity index (χ0v) is 13.7. The van der Waals surface area contributed by atoms with Gasteiger partial charge in [0.1, 0.15) is 5.75 Å². The maximum absolute atomic E-state index is 11.6. The summed E-state index contributed by atoms with van der Waals surface area (Å²) >= 11 is 9.52. The van der Waals surface area contributed by atoms with Gasteiger partial charge < -0.3 is 9.84 Å². The lowest BCUT2D eigenvalue weighted by atomic mass is 9.92. The zero-order chi connectivity index (χ0) is 15.4. The van der Waals surface area contributed by atoms with Crippen molar-refractivity contribution in [3.8, 4) is 5.75 Å². The van der Waals surface area contributed by atoms with E-state index < -0.39 is 11.9 Å². The molecule has 21 heavy (non-hydrogen) atoms. The SMILES string of the molecule is COc1ccc(CC(C(=O)O)c2ccccc2Cl)cc1Br. The molecule has 5 heteroatoms. The largest absolute Gasteiger partial charge is 0.496 e. The van der Waals surface area contributed by atoms with Crippen molar-refractivity contribution in [3.63, 3.8) is 0 Å². The summed E-state index contributed by atoms with van der Waals surface area (Å²) in [5, 5.41) is 9.96. The van der Waals surface area contributed by atoms with E-state index in [1.807, 2.05) is 18.2 Å². The lowest BCUT2D eigenvalue weighted by Crippen LogP contribution is -2.15. The van der Waals surface area contributed by atoms with Crippen LogP contribution in [0.25, 0.3) is 0 Å². The number of carboxylic acids is 1. The Morgan fingerprint density at radius 2 is 2.05 bits per heavy atom. The number of benzene rings is 2. The molecule has 0 fully saturated rings. The van der Waals surface area contributed by atoms with Crippen molar-refractivity contribution >= 4 is 33.5 Å². The average Bonchev–Trinajstić information content (AvgIpc) is 2.45. The van der Waals surface area contributed by atoms with E-state index in [1.165, 1.54) is 0 Å². The second kappa shape index (κ2) is 6.96. The summed E-state index contributed by atoms with van der Waals surface area (Å²) in [7, 11) is 1.59. The summed E-state index contributed by atoms with van der Waals surface area (Å²) in [6.07, 6.45) is 0.363. The fraction of sp³-hybridized carbons (Fsp3) is 0.188. The zero-order valence-electron chi connectivity index (χ0n) is 11.3. The number of aliphatic carboxylic acids is 1. The Morgan fingerprint density at radius 3 is 2.62 bits per heavy atom. The molecule has 0 bridgehead atoms. The monoisotopic (exact) mass is 368 g/mol. The first-order valence-corrected chi connectivity index (χ1v) is 7.49. The first kappa shape index (κ1) is 15.9. The van der Waals surface area contributed by atoms with Gasteiger partial charge in [0.25, 0.3) is 0 Å². The van der Waals surface area contributed by atoms with Crippen molar-refractivity contribution in [3.05, 3.63) is 63.1 Å². The van der Waals surface area contributed by atoms with E-state index in [9.17, 15) is 9.90 Å². The molecular formula is C16H14BrClO3. The van der Waals surface area contributed by atoms with Crippen LogP contribution in [0.5, 0.6) is 5.75 Å². The Balaban J connectivity index is 2.31. The Labute approximate surface area is 136 Å². The number of carboxylic acid groups (broad SMARTS) is 1.